The van der Waals surface area contributed by atoms with Crippen molar-refractivity contribution in [3.05, 3.63) is 92.4 Å². The number of nitrogens with one attached hydrogen (secondary N) is 1. The summed E-state index contributed by atoms with van der Waals surface area (Å²) in [6.45, 7) is 3.72. The highest BCUT2D eigenvalue weighted by Crippen LogP contribution is 2.28. The standard InChI is InChI=1S/C25H25Cl3N2O3S2/c1-17-3-8-21(9-4-17)35(32,33)30(20-7-5-18(2)23(27)14-20)15-25(31)29-11-12-34-16-19-6-10-22(26)24(28)13-19/h3-10,13-14H,11-12,15-16H2,1-2H3,(H,29,31). The van der Waals surface area contributed by atoms with Crippen LogP contribution in [-0.2, 0) is 20.6 Å². The second-order valence-corrected chi connectivity index (χ2v) is 12.1. The number of rotatable bonds is 10. The van der Waals surface area contributed by atoms with Crippen LogP contribution in [-0.4, -0.2) is 33.2 Å². The monoisotopic (exact) mass is 570 g/mol. The zero-order valence-corrected chi connectivity index (χ0v) is 23.1. The molecule has 0 saturated heterocycles. The summed E-state index contributed by atoms with van der Waals surface area (Å²) in [5, 5.41) is 4.24. The Morgan fingerprint density at radius 1 is 0.914 bits per heavy atom. The van der Waals surface area contributed by atoms with E-state index < -0.39 is 15.9 Å². The number of amides is 1. The minimum Gasteiger partial charge on any atom is -0.354 e. The summed E-state index contributed by atoms with van der Waals surface area (Å²) in [5.41, 5.74) is 3.10. The molecule has 10 heteroatoms. The molecule has 0 bridgehead atoms. The predicted molar refractivity (Wildman–Crippen MR) is 148 cm³/mol. The first kappa shape index (κ1) is 27.7. The van der Waals surface area contributed by atoms with E-state index in [9.17, 15) is 13.2 Å². The number of thioether (sulfide) groups is 1. The van der Waals surface area contributed by atoms with Crippen molar-refractivity contribution in [1.29, 1.82) is 0 Å². The Kier molecular flexibility index (Phi) is 9.78. The van der Waals surface area contributed by atoms with Gasteiger partial charge in [-0.1, -0.05) is 64.6 Å². The van der Waals surface area contributed by atoms with Crippen LogP contribution in [0.25, 0.3) is 0 Å². The average molecular weight is 572 g/mol. The van der Waals surface area contributed by atoms with Crippen LogP contribution in [0.5, 0.6) is 0 Å². The second-order valence-electron chi connectivity index (χ2n) is 7.91. The summed E-state index contributed by atoms with van der Waals surface area (Å²) in [6, 6.07) is 16.9. The second kappa shape index (κ2) is 12.4. The third-order valence-corrected chi connectivity index (χ3v) is 9.13. The molecule has 0 aromatic heterocycles. The van der Waals surface area contributed by atoms with Crippen molar-refractivity contribution in [3.8, 4) is 0 Å². The van der Waals surface area contributed by atoms with Gasteiger partial charge >= 0.3 is 0 Å². The molecule has 0 saturated carbocycles. The van der Waals surface area contributed by atoms with Crippen molar-refractivity contribution in [3.63, 3.8) is 0 Å². The van der Waals surface area contributed by atoms with Gasteiger partial charge in [-0.2, -0.15) is 11.8 Å². The number of sulfonamides is 1. The molecule has 0 atom stereocenters. The number of benzene rings is 3. The first-order chi connectivity index (χ1) is 16.6. The molecule has 35 heavy (non-hydrogen) atoms. The summed E-state index contributed by atoms with van der Waals surface area (Å²) in [6.07, 6.45) is 0. The van der Waals surface area contributed by atoms with Crippen molar-refractivity contribution in [2.24, 2.45) is 0 Å². The first-order valence-corrected chi connectivity index (χ1v) is 14.4. The summed E-state index contributed by atoms with van der Waals surface area (Å²) in [4.78, 5) is 12.8. The highest BCUT2D eigenvalue weighted by atomic mass is 35.5. The number of aryl methyl sites for hydroxylation is 2. The van der Waals surface area contributed by atoms with Gasteiger partial charge in [0.05, 0.1) is 20.6 Å². The van der Waals surface area contributed by atoms with E-state index in [1.807, 2.05) is 26.0 Å². The molecule has 0 aliphatic heterocycles. The molecular weight excluding hydrogens is 547 g/mol. The van der Waals surface area contributed by atoms with Gasteiger partial charge in [-0.15, -0.1) is 0 Å². The fourth-order valence-corrected chi connectivity index (χ4v) is 5.87. The van der Waals surface area contributed by atoms with E-state index in [1.54, 1.807) is 48.2 Å². The van der Waals surface area contributed by atoms with E-state index >= 15 is 0 Å². The van der Waals surface area contributed by atoms with Gasteiger partial charge < -0.3 is 5.32 Å². The van der Waals surface area contributed by atoms with Crippen LogP contribution in [0.2, 0.25) is 15.1 Å². The smallest absolute Gasteiger partial charge is 0.264 e. The molecule has 0 spiro atoms. The molecule has 0 fully saturated rings. The maximum Gasteiger partial charge on any atom is 0.264 e. The van der Waals surface area contributed by atoms with Gasteiger partial charge in [0.25, 0.3) is 10.0 Å². The minimum absolute atomic E-state index is 0.102. The van der Waals surface area contributed by atoms with Crippen LogP contribution in [0.1, 0.15) is 16.7 Å². The Hall–Kier alpha value is -1.90. The van der Waals surface area contributed by atoms with Crippen LogP contribution in [0.4, 0.5) is 5.69 Å². The van der Waals surface area contributed by atoms with Crippen LogP contribution < -0.4 is 9.62 Å². The van der Waals surface area contributed by atoms with Gasteiger partial charge in [0, 0.05) is 23.1 Å². The van der Waals surface area contributed by atoms with Gasteiger partial charge in [0.15, 0.2) is 0 Å². The van der Waals surface area contributed by atoms with Crippen molar-refractivity contribution >= 4 is 68.2 Å². The summed E-state index contributed by atoms with van der Waals surface area (Å²) in [7, 11) is -3.99. The SMILES string of the molecule is Cc1ccc(S(=O)(=O)N(CC(=O)NCCSCc2ccc(Cl)c(Cl)c2)c2ccc(C)c(Cl)c2)cc1. The molecular formula is C25H25Cl3N2O3S2. The normalized spacial score (nSPS) is 11.3. The van der Waals surface area contributed by atoms with Crippen LogP contribution >= 0.6 is 46.6 Å². The molecule has 0 aliphatic rings. The highest BCUT2D eigenvalue weighted by Gasteiger charge is 2.27. The fraction of sp³-hybridized carbons (Fsp3) is 0.240. The van der Waals surface area contributed by atoms with Crippen LogP contribution in [0.3, 0.4) is 0 Å². The van der Waals surface area contributed by atoms with Crippen LogP contribution in [0.15, 0.2) is 65.6 Å². The van der Waals surface area contributed by atoms with Crippen molar-refractivity contribution in [2.75, 3.05) is 23.1 Å². The number of hydrogen-bond donors (Lipinski definition) is 1. The minimum atomic E-state index is -3.99. The van der Waals surface area contributed by atoms with Gasteiger partial charge in [-0.25, -0.2) is 8.42 Å². The van der Waals surface area contributed by atoms with E-state index in [2.05, 4.69) is 5.32 Å². The largest absolute Gasteiger partial charge is 0.354 e. The van der Waals surface area contributed by atoms with Crippen LogP contribution in [0, 0.1) is 13.8 Å². The Bertz CT molecular complexity index is 1300. The molecule has 3 aromatic carbocycles. The van der Waals surface area contributed by atoms with Gasteiger partial charge in [0.2, 0.25) is 5.91 Å². The van der Waals surface area contributed by atoms with E-state index in [1.165, 1.54) is 12.1 Å². The summed E-state index contributed by atoms with van der Waals surface area (Å²) in [5.74, 6) is 0.947. The van der Waals surface area contributed by atoms with E-state index in [0.29, 0.717) is 38.8 Å². The maximum atomic E-state index is 13.4. The molecule has 186 valence electrons. The topological polar surface area (TPSA) is 66.5 Å². The Morgan fingerprint density at radius 3 is 2.29 bits per heavy atom. The molecule has 0 aliphatic carbocycles. The third kappa shape index (κ3) is 7.54. The molecule has 0 radical (unpaired) electrons. The first-order valence-electron chi connectivity index (χ1n) is 10.7. The quantitative estimate of drug-likeness (QED) is 0.282. The third-order valence-electron chi connectivity index (χ3n) is 5.16. The zero-order chi connectivity index (χ0) is 25.6. The molecule has 3 rings (SSSR count). The number of halogens is 3. The predicted octanol–water partition coefficient (Wildman–Crippen LogP) is 6.51. The molecule has 5 nitrogen and oxygen atoms in total. The lowest BCUT2D eigenvalue weighted by molar-refractivity contribution is -0.119. The molecule has 0 heterocycles. The van der Waals surface area contributed by atoms with E-state index in [4.69, 9.17) is 34.8 Å². The number of nitrogens with zero attached hydrogens (tertiary/aromatic N) is 1. The van der Waals surface area contributed by atoms with E-state index in [-0.39, 0.29) is 11.4 Å². The Labute approximate surface area is 225 Å². The van der Waals surface area contributed by atoms with Gasteiger partial charge in [-0.05, 0) is 61.4 Å². The summed E-state index contributed by atoms with van der Waals surface area (Å²) >= 11 is 19.9. The van der Waals surface area contributed by atoms with E-state index in [0.717, 1.165) is 21.0 Å². The Morgan fingerprint density at radius 2 is 1.63 bits per heavy atom. The lowest BCUT2D eigenvalue weighted by Gasteiger charge is -2.24. The van der Waals surface area contributed by atoms with Crippen molar-refractivity contribution < 1.29 is 13.2 Å². The lowest BCUT2D eigenvalue weighted by Crippen LogP contribution is -2.41. The number of anilines is 1. The molecule has 3 aromatic rings. The summed E-state index contributed by atoms with van der Waals surface area (Å²) < 4.78 is 28.0. The maximum absolute atomic E-state index is 13.4. The zero-order valence-electron chi connectivity index (χ0n) is 19.2. The fourth-order valence-electron chi connectivity index (χ4n) is 3.16. The average Bonchev–Trinajstić information content (AvgIpc) is 2.81. The highest BCUT2D eigenvalue weighted by molar-refractivity contribution is 7.98. The van der Waals surface area contributed by atoms with Gasteiger partial charge in [0.1, 0.15) is 6.54 Å². The lowest BCUT2D eigenvalue weighted by atomic mass is 10.2. The van der Waals surface area contributed by atoms with Gasteiger partial charge in [-0.3, -0.25) is 9.10 Å². The molecule has 1 amide bonds. The molecule has 1 N–H and O–H groups in total. The molecule has 0 unspecified atom stereocenters. The van der Waals surface area contributed by atoms with Crippen molar-refractivity contribution in [2.45, 2.75) is 24.5 Å². The number of carbonyl (C=O) groups is 1. The number of hydrogen-bond acceptors (Lipinski definition) is 4. The Balaban J connectivity index is 1.66. The van der Waals surface area contributed by atoms with Crippen molar-refractivity contribution in [1.82, 2.24) is 5.32 Å². The number of carbonyl (C=O) groups excluding carboxylic acids is 1.